The molecule has 0 saturated heterocycles. The summed E-state index contributed by atoms with van der Waals surface area (Å²) in [5.74, 6) is 0. The van der Waals surface area contributed by atoms with E-state index < -0.39 is 0 Å². The Morgan fingerprint density at radius 2 is 2.50 bits per heavy atom. The molecule has 0 heterocycles. The van der Waals surface area contributed by atoms with E-state index in [1.807, 2.05) is 0 Å². The first-order chi connectivity index (χ1) is 3.91. The highest BCUT2D eigenvalue weighted by Gasteiger charge is 1.75. The van der Waals surface area contributed by atoms with E-state index in [9.17, 15) is 0 Å². The average molecular weight is 116 g/mol. The first-order valence-electron chi connectivity index (χ1n) is 2.45. The van der Waals surface area contributed by atoms with Gasteiger partial charge in [-0.2, -0.15) is 0 Å². The van der Waals surface area contributed by atoms with Crippen LogP contribution in [0.1, 0.15) is 0 Å². The number of hydrogen-bond acceptors (Lipinski definition) is 3. The molecule has 8 heavy (non-hydrogen) atoms. The molecule has 0 aliphatic carbocycles. The number of methoxy groups -OCH3 is 1. The molecule has 0 atom stereocenters. The number of ether oxygens (including phenoxy) is 1. The molecule has 0 rings (SSSR count). The van der Waals surface area contributed by atoms with Gasteiger partial charge in [-0.05, 0) is 6.20 Å². The summed E-state index contributed by atoms with van der Waals surface area (Å²) in [6, 6.07) is 0. The molecule has 0 aromatic rings. The van der Waals surface area contributed by atoms with Gasteiger partial charge in [0.05, 0.1) is 13.4 Å². The lowest BCUT2D eigenvalue weighted by Crippen LogP contribution is -2.26. The van der Waals surface area contributed by atoms with Crippen LogP contribution in [0.4, 0.5) is 0 Å². The molecule has 2 N–H and O–H groups in total. The van der Waals surface area contributed by atoms with E-state index in [0.717, 1.165) is 0 Å². The second-order valence-electron chi connectivity index (χ2n) is 1.27. The van der Waals surface area contributed by atoms with Gasteiger partial charge in [0.2, 0.25) is 0 Å². The maximum absolute atomic E-state index is 4.70. The zero-order valence-electron chi connectivity index (χ0n) is 5.11. The summed E-state index contributed by atoms with van der Waals surface area (Å²) >= 11 is 0. The number of nitrogens with one attached hydrogen (secondary N) is 2. The Labute approximate surface area is 49.7 Å². The highest BCUT2D eigenvalue weighted by molar-refractivity contribution is 4.59. The standard InChI is InChI=1S/C5H12N2O/c1-3-6-4-7-5-8-2/h3,6-7H,1,4-5H2,2H3. The van der Waals surface area contributed by atoms with Crippen LogP contribution in [0.5, 0.6) is 0 Å². The molecule has 0 saturated carbocycles. The fourth-order valence-corrected chi connectivity index (χ4v) is 0.297. The van der Waals surface area contributed by atoms with Crippen LogP contribution in [0.2, 0.25) is 0 Å². The second kappa shape index (κ2) is 6.46. The molecule has 0 aliphatic rings. The Hall–Kier alpha value is -0.540. The van der Waals surface area contributed by atoms with Crippen molar-refractivity contribution < 1.29 is 4.74 Å². The largest absolute Gasteiger partial charge is 0.379 e. The van der Waals surface area contributed by atoms with Crippen molar-refractivity contribution in [2.75, 3.05) is 20.5 Å². The number of rotatable bonds is 5. The molecule has 0 aliphatic heterocycles. The minimum atomic E-state index is 0.570. The number of hydrogen-bond donors (Lipinski definition) is 2. The average Bonchev–Trinajstić information content (AvgIpc) is 1.81. The molecular formula is C5H12N2O. The smallest absolute Gasteiger partial charge is 0.0974 e. The van der Waals surface area contributed by atoms with Gasteiger partial charge in [0.1, 0.15) is 0 Å². The lowest BCUT2D eigenvalue weighted by molar-refractivity contribution is 0.174. The zero-order chi connectivity index (χ0) is 6.24. The summed E-state index contributed by atoms with van der Waals surface area (Å²) in [5, 5.41) is 5.79. The van der Waals surface area contributed by atoms with E-state index in [4.69, 9.17) is 4.74 Å². The van der Waals surface area contributed by atoms with Gasteiger partial charge in [0, 0.05) is 7.11 Å². The van der Waals surface area contributed by atoms with Gasteiger partial charge in [-0.15, -0.1) is 0 Å². The molecule has 0 unspecified atom stereocenters. The van der Waals surface area contributed by atoms with Crippen molar-refractivity contribution in [3.8, 4) is 0 Å². The third kappa shape index (κ3) is 5.46. The van der Waals surface area contributed by atoms with E-state index in [0.29, 0.717) is 13.4 Å². The first-order valence-corrected chi connectivity index (χ1v) is 2.45. The van der Waals surface area contributed by atoms with E-state index in [-0.39, 0.29) is 0 Å². The van der Waals surface area contributed by atoms with E-state index in [1.165, 1.54) is 0 Å². The Morgan fingerprint density at radius 3 is 3.00 bits per heavy atom. The Morgan fingerprint density at radius 1 is 1.75 bits per heavy atom. The fourth-order valence-electron chi connectivity index (χ4n) is 0.297. The molecule has 3 nitrogen and oxygen atoms in total. The van der Waals surface area contributed by atoms with E-state index >= 15 is 0 Å². The molecule has 0 aromatic carbocycles. The zero-order valence-corrected chi connectivity index (χ0v) is 5.11. The quantitative estimate of drug-likeness (QED) is 0.388. The van der Waals surface area contributed by atoms with E-state index in [2.05, 4.69) is 17.2 Å². The van der Waals surface area contributed by atoms with Gasteiger partial charge in [0.25, 0.3) is 0 Å². The second-order valence-corrected chi connectivity index (χ2v) is 1.27. The lowest BCUT2D eigenvalue weighted by Gasteiger charge is -2.00. The molecule has 0 radical (unpaired) electrons. The minimum absolute atomic E-state index is 0.570. The Bertz CT molecular complexity index is 56.4. The normalized spacial score (nSPS) is 8.62. The predicted octanol–water partition coefficient (Wildman–Crippen LogP) is -0.130. The van der Waals surface area contributed by atoms with Crippen molar-refractivity contribution in [2.24, 2.45) is 0 Å². The third-order valence-corrected chi connectivity index (χ3v) is 0.618. The van der Waals surface area contributed by atoms with Gasteiger partial charge in [-0.3, -0.25) is 5.32 Å². The molecule has 0 spiro atoms. The van der Waals surface area contributed by atoms with Crippen molar-refractivity contribution in [1.82, 2.24) is 10.6 Å². The maximum Gasteiger partial charge on any atom is 0.0974 e. The molecule has 3 heteroatoms. The third-order valence-electron chi connectivity index (χ3n) is 0.618. The Balaban J connectivity index is 2.62. The summed E-state index contributed by atoms with van der Waals surface area (Å²) < 4.78 is 4.70. The molecule has 0 bridgehead atoms. The Kier molecular flexibility index (Phi) is 6.02. The van der Waals surface area contributed by atoms with E-state index in [1.54, 1.807) is 13.3 Å². The monoisotopic (exact) mass is 116 g/mol. The van der Waals surface area contributed by atoms with Crippen LogP contribution < -0.4 is 10.6 Å². The van der Waals surface area contributed by atoms with Crippen LogP contribution in [-0.4, -0.2) is 20.5 Å². The highest BCUT2D eigenvalue weighted by atomic mass is 16.5. The van der Waals surface area contributed by atoms with Crippen molar-refractivity contribution in [1.29, 1.82) is 0 Å². The summed E-state index contributed by atoms with van der Waals surface area (Å²) in [7, 11) is 1.64. The van der Waals surface area contributed by atoms with Crippen LogP contribution in [0.3, 0.4) is 0 Å². The molecule has 0 amide bonds. The van der Waals surface area contributed by atoms with Crippen LogP contribution in [0.15, 0.2) is 12.8 Å². The van der Waals surface area contributed by atoms with Crippen molar-refractivity contribution in [3.05, 3.63) is 12.8 Å². The molecule has 0 fully saturated rings. The summed E-state index contributed by atoms with van der Waals surface area (Å²) in [5.41, 5.74) is 0. The van der Waals surface area contributed by atoms with Gasteiger partial charge in [0.15, 0.2) is 0 Å². The first kappa shape index (κ1) is 7.46. The van der Waals surface area contributed by atoms with Crippen molar-refractivity contribution >= 4 is 0 Å². The molecule has 0 aromatic heterocycles. The van der Waals surface area contributed by atoms with Crippen molar-refractivity contribution in [2.45, 2.75) is 0 Å². The minimum Gasteiger partial charge on any atom is -0.379 e. The van der Waals surface area contributed by atoms with Crippen LogP contribution in [0.25, 0.3) is 0 Å². The summed E-state index contributed by atoms with van der Waals surface area (Å²) in [6.45, 7) is 4.74. The molecule has 48 valence electrons. The van der Waals surface area contributed by atoms with Crippen LogP contribution in [-0.2, 0) is 4.74 Å². The SMILES string of the molecule is C=CNCNCOC. The fraction of sp³-hybridized carbons (Fsp3) is 0.600. The van der Waals surface area contributed by atoms with Gasteiger partial charge in [-0.1, -0.05) is 6.58 Å². The highest BCUT2D eigenvalue weighted by Crippen LogP contribution is 1.56. The van der Waals surface area contributed by atoms with Gasteiger partial charge >= 0.3 is 0 Å². The van der Waals surface area contributed by atoms with Crippen LogP contribution in [0, 0.1) is 0 Å². The topological polar surface area (TPSA) is 33.3 Å². The predicted molar refractivity (Wildman–Crippen MR) is 33.2 cm³/mol. The summed E-state index contributed by atoms with van der Waals surface area (Å²) in [4.78, 5) is 0. The molecular weight excluding hydrogens is 104 g/mol. The van der Waals surface area contributed by atoms with Crippen LogP contribution >= 0.6 is 0 Å². The van der Waals surface area contributed by atoms with Gasteiger partial charge in [-0.25, -0.2) is 0 Å². The lowest BCUT2D eigenvalue weighted by atomic mass is 10.9. The summed E-state index contributed by atoms with van der Waals surface area (Å²) in [6.07, 6.45) is 1.63. The maximum atomic E-state index is 4.70. The van der Waals surface area contributed by atoms with Gasteiger partial charge < -0.3 is 10.1 Å². The van der Waals surface area contributed by atoms with Crippen molar-refractivity contribution in [3.63, 3.8) is 0 Å².